The van der Waals surface area contributed by atoms with Gasteiger partial charge in [0.15, 0.2) is 0 Å². The number of likely N-dealkylation sites (tertiary alicyclic amines) is 1. The van der Waals surface area contributed by atoms with E-state index in [1.807, 2.05) is 19.9 Å². The predicted molar refractivity (Wildman–Crippen MR) is 97.7 cm³/mol. The van der Waals surface area contributed by atoms with Crippen molar-refractivity contribution >= 4 is 5.95 Å². The maximum absolute atomic E-state index is 11.9. The first-order chi connectivity index (χ1) is 12.1. The van der Waals surface area contributed by atoms with Crippen LogP contribution in [0, 0.1) is 13.8 Å². The number of anilines is 1. The van der Waals surface area contributed by atoms with Crippen LogP contribution >= 0.6 is 0 Å². The van der Waals surface area contributed by atoms with Crippen molar-refractivity contribution in [1.29, 1.82) is 0 Å². The smallest absolute Gasteiger partial charge is 0.266 e. The Morgan fingerprint density at radius 3 is 2.88 bits per heavy atom. The molecule has 7 heteroatoms. The maximum Gasteiger partial charge on any atom is 0.266 e. The molecule has 0 spiro atoms. The molecule has 1 aliphatic rings. The lowest BCUT2D eigenvalue weighted by atomic mass is 10.0. The quantitative estimate of drug-likeness (QED) is 0.860. The number of hydrogen-bond donors (Lipinski definition) is 1. The summed E-state index contributed by atoms with van der Waals surface area (Å²) in [7, 11) is 0. The monoisotopic (exact) mass is 342 g/mol. The molecule has 0 saturated carbocycles. The minimum absolute atomic E-state index is 0.0366. The Bertz CT molecular complexity index is 759. The second-order valence-corrected chi connectivity index (χ2v) is 6.62. The zero-order valence-corrected chi connectivity index (χ0v) is 15.0. The van der Waals surface area contributed by atoms with Crippen molar-refractivity contribution in [2.75, 3.05) is 25.0 Å². The van der Waals surface area contributed by atoms with Gasteiger partial charge in [-0.3, -0.25) is 9.69 Å². The van der Waals surface area contributed by atoms with Crippen molar-refractivity contribution in [2.24, 2.45) is 0 Å². The Labute approximate surface area is 148 Å². The fraction of sp³-hybridized carbons (Fsp3) is 0.556. The summed E-state index contributed by atoms with van der Waals surface area (Å²) in [6.07, 6.45) is 5.36. The van der Waals surface area contributed by atoms with Crippen LogP contribution in [0.2, 0.25) is 0 Å². The van der Waals surface area contributed by atoms with Gasteiger partial charge in [0.2, 0.25) is 5.95 Å². The summed E-state index contributed by atoms with van der Waals surface area (Å²) in [6.45, 7) is 7.20. The van der Waals surface area contributed by atoms with Crippen molar-refractivity contribution in [3.8, 4) is 0 Å². The lowest BCUT2D eigenvalue weighted by molar-refractivity contribution is 0.147. The molecule has 1 unspecified atom stereocenters. The van der Waals surface area contributed by atoms with Crippen LogP contribution in [-0.4, -0.2) is 50.3 Å². The molecule has 0 radical (unpaired) electrons. The fourth-order valence-corrected chi connectivity index (χ4v) is 3.26. The van der Waals surface area contributed by atoms with Crippen molar-refractivity contribution < 1.29 is 0 Å². The molecule has 3 rings (SSSR count). The molecule has 3 heterocycles. The van der Waals surface area contributed by atoms with E-state index in [4.69, 9.17) is 0 Å². The molecule has 1 fully saturated rings. The zero-order valence-electron chi connectivity index (χ0n) is 15.0. The van der Waals surface area contributed by atoms with Gasteiger partial charge in [0.25, 0.3) is 5.56 Å². The number of aromatic nitrogens is 4. The molecule has 0 amide bonds. The number of aryl methyl sites for hydroxylation is 2. The van der Waals surface area contributed by atoms with E-state index in [0.717, 1.165) is 37.4 Å². The van der Waals surface area contributed by atoms with Crippen molar-refractivity contribution in [1.82, 2.24) is 24.6 Å². The summed E-state index contributed by atoms with van der Waals surface area (Å²) < 4.78 is 1.57. The highest BCUT2D eigenvalue weighted by molar-refractivity contribution is 5.25. The highest BCUT2D eigenvalue weighted by atomic mass is 16.1. The molecular formula is C18H26N6O. The van der Waals surface area contributed by atoms with Crippen LogP contribution in [0.25, 0.3) is 0 Å². The minimum atomic E-state index is -0.0366. The van der Waals surface area contributed by atoms with Gasteiger partial charge in [-0.1, -0.05) is 6.42 Å². The van der Waals surface area contributed by atoms with Gasteiger partial charge in [-0.15, -0.1) is 0 Å². The average Bonchev–Trinajstić information content (AvgIpc) is 2.61. The first-order valence-corrected chi connectivity index (χ1v) is 8.94. The number of nitrogens with zero attached hydrogens (tertiary/aromatic N) is 5. The van der Waals surface area contributed by atoms with Crippen LogP contribution in [-0.2, 0) is 6.54 Å². The van der Waals surface area contributed by atoms with E-state index in [0.29, 0.717) is 18.5 Å². The van der Waals surface area contributed by atoms with Gasteiger partial charge in [0, 0.05) is 37.1 Å². The van der Waals surface area contributed by atoms with Crippen LogP contribution in [0.5, 0.6) is 0 Å². The largest absolute Gasteiger partial charge is 0.353 e. The standard InChI is InChI=1S/C18H26N6O/c1-14-8-9-19-18(21-14)20-13-16-5-3-4-10-23(16)11-12-24-17(25)7-6-15(2)22-24/h6-9,16H,3-5,10-13H2,1-2H3,(H,19,20,21). The molecule has 2 aromatic rings. The lowest BCUT2D eigenvalue weighted by Crippen LogP contribution is -2.45. The topological polar surface area (TPSA) is 75.9 Å². The average molecular weight is 342 g/mol. The van der Waals surface area contributed by atoms with Gasteiger partial charge >= 0.3 is 0 Å². The van der Waals surface area contributed by atoms with Crippen LogP contribution in [0.15, 0.2) is 29.2 Å². The normalized spacial score (nSPS) is 18.2. The Kier molecular flexibility index (Phi) is 5.75. The first kappa shape index (κ1) is 17.5. The van der Waals surface area contributed by atoms with E-state index < -0.39 is 0 Å². The number of piperidine rings is 1. The van der Waals surface area contributed by atoms with Crippen molar-refractivity contribution in [3.63, 3.8) is 0 Å². The first-order valence-electron chi connectivity index (χ1n) is 8.94. The molecule has 0 bridgehead atoms. The highest BCUT2D eigenvalue weighted by Crippen LogP contribution is 2.17. The molecular weight excluding hydrogens is 316 g/mol. The van der Waals surface area contributed by atoms with E-state index >= 15 is 0 Å². The Morgan fingerprint density at radius 1 is 1.16 bits per heavy atom. The van der Waals surface area contributed by atoms with E-state index in [1.54, 1.807) is 23.0 Å². The summed E-state index contributed by atoms with van der Waals surface area (Å²) in [5.41, 5.74) is 1.79. The third kappa shape index (κ3) is 4.85. The minimum Gasteiger partial charge on any atom is -0.353 e. The fourth-order valence-electron chi connectivity index (χ4n) is 3.26. The molecule has 25 heavy (non-hydrogen) atoms. The molecule has 1 N–H and O–H groups in total. The second-order valence-electron chi connectivity index (χ2n) is 6.62. The van der Waals surface area contributed by atoms with Gasteiger partial charge in [-0.2, -0.15) is 5.10 Å². The maximum atomic E-state index is 11.9. The highest BCUT2D eigenvalue weighted by Gasteiger charge is 2.22. The molecule has 1 atom stereocenters. The van der Waals surface area contributed by atoms with Gasteiger partial charge in [0.1, 0.15) is 0 Å². The second kappa shape index (κ2) is 8.20. The summed E-state index contributed by atoms with van der Waals surface area (Å²) in [4.78, 5) is 23.0. The SMILES string of the molecule is Cc1ccnc(NCC2CCCCN2CCn2nc(C)ccc2=O)n1. The Hall–Kier alpha value is -2.28. The Morgan fingerprint density at radius 2 is 2.04 bits per heavy atom. The third-order valence-electron chi connectivity index (χ3n) is 4.64. The van der Waals surface area contributed by atoms with E-state index in [1.165, 1.54) is 12.8 Å². The molecule has 1 aliphatic heterocycles. The van der Waals surface area contributed by atoms with Gasteiger partial charge in [-0.05, 0) is 45.4 Å². The zero-order chi connectivity index (χ0) is 17.6. The van der Waals surface area contributed by atoms with Gasteiger partial charge in [0.05, 0.1) is 12.2 Å². The summed E-state index contributed by atoms with van der Waals surface area (Å²) in [6, 6.07) is 5.67. The molecule has 0 aromatic carbocycles. The third-order valence-corrected chi connectivity index (χ3v) is 4.64. The van der Waals surface area contributed by atoms with Gasteiger partial charge in [-0.25, -0.2) is 14.6 Å². The Balaban J connectivity index is 1.59. The molecule has 2 aromatic heterocycles. The summed E-state index contributed by atoms with van der Waals surface area (Å²) in [5, 5.41) is 7.68. The van der Waals surface area contributed by atoms with Gasteiger partial charge < -0.3 is 5.32 Å². The molecule has 7 nitrogen and oxygen atoms in total. The summed E-state index contributed by atoms with van der Waals surface area (Å²) in [5.74, 6) is 0.682. The number of hydrogen-bond acceptors (Lipinski definition) is 6. The number of rotatable bonds is 6. The lowest BCUT2D eigenvalue weighted by Gasteiger charge is -2.35. The molecule has 0 aliphatic carbocycles. The number of nitrogens with one attached hydrogen (secondary N) is 1. The van der Waals surface area contributed by atoms with Crippen molar-refractivity contribution in [2.45, 2.75) is 45.7 Å². The van der Waals surface area contributed by atoms with E-state index in [9.17, 15) is 4.79 Å². The van der Waals surface area contributed by atoms with Crippen LogP contribution in [0.1, 0.15) is 30.7 Å². The molecule has 1 saturated heterocycles. The van der Waals surface area contributed by atoms with Crippen LogP contribution in [0.4, 0.5) is 5.95 Å². The summed E-state index contributed by atoms with van der Waals surface area (Å²) >= 11 is 0. The van der Waals surface area contributed by atoms with Crippen LogP contribution in [0.3, 0.4) is 0 Å². The van der Waals surface area contributed by atoms with Crippen LogP contribution < -0.4 is 10.9 Å². The van der Waals surface area contributed by atoms with Crippen molar-refractivity contribution in [3.05, 3.63) is 46.1 Å². The van der Waals surface area contributed by atoms with E-state index in [-0.39, 0.29) is 5.56 Å². The predicted octanol–water partition coefficient (Wildman–Crippen LogP) is 1.62. The molecule has 134 valence electrons. The van der Waals surface area contributed by atoms with E-state index in [2.05, 4.69) is 25.3 Å².